The Kier molecular flexibility index (Phi) is 2.32. The number of aromatic nitrogens is 2. The summed E-state index contributed by atoms with van der Waals surface area (Å²) >= 11 is 0. The van der Waals surface area contributed by atoms with Crippen molar-refractivity contribution in [3.63, 3.8) is 0 Å². The first kappa shape index (κ1) is 13.5. The number of carbonyl (C=O) groups is 1. The maximum absolute atomic E-state index is 12.5. The lowest BCUT2D eigenvalue weighted by Crippen LogP contribution is -2.47. The van der Waals surface area contributed by atoms with E-state index < -0.39 is 0 Å². The third-order valence-corrected chi connectivity index (χ3v) is 7.36. The lowest BCUT2D eigenvalue weighted by molar-refractivity contribution is -0.129. The van der Waals surface area contributed by atoms with E-state index in [0.29, 0.717) is 12.2 Å². The van der Waals surface area contributed by atoms with Crippen LogP contribution in [-0.2, 0) is 16.6 Å². The Hall–Kier alpha value is -1.90. The first-order valence-electron chi connectivity index (χ1n) is 8.68. The Morgan fingerprint density at radius 1 is 1.04 bits per heavy atom. The third-order valence-electron chi connectivity index (χ3n) is 7.36. The zero-order chi connectivity index (χ0) is 15.9. The number of fused-ring (bicyclic) bond motifs is 2. The van der Waals surface area contributed by atoms with Crippen molar-refractivity contribution in [1.29, 1.82) is 0 Å². The van der Waals surface area contributed by atoms with Gasteiger partial charge in [-0.05, 0) is 36.7 Å². The van der Waals surface area contributed by atoms with Crippen molar-refractivity contribution in [2.24, 2.45) is 10.8 Å². The zero-order valence-corrected chi connectivity index (χ0v) is 13.8. The van der Waals surface area contributed by atoms with Crippen LogP contribution in [-0.4, -0.2) is 16.0 Å². The van der Waals surface area contributed by atoms with E-state index in [9.17, 15) is 4.79 Å². The summed E-state index contributed by atoms with van der Waals surface area (Å²) in [7, 11) is 0. The molecule has 1 unspecified atom stereocenters. The van der Waals surface area contributed by atoms with Crippen molar-refractivity contribution in [1.82, 2.24) is 10.2 Å². The highest BCUT2D eigenvalue weighted by atomic mass is 16.1. The molecule has 0 aliphatic heterocycles. The van der Waals surface area contributed by atoms with Crippen molar-refractivity contribution < 1.29 is 4.79 Å². The van der Waals surface area contributed by atoms with E-state index in [1.165, 1.54) is 22.5 Å². The Balaban J connectivity index is 1.67. The van der Waals surface area contributed by atoms with Crippen LogP contribution in [0.4, 0.5) is 0 Å². The largest absolute Gasteiger partial charge is 0.299 e. The molecule has 1 aromatic carbocycles. The summed E-state index contributed by atoms with van der Waals surface area (Å²) in [5.74, 6) is 0.484. The van der Waals surface area contributed by atoms with Crippen LogP contribution in [0.15, 0.2) is 30.3 Å². The van der Waals surface area contributed by atoms with Crippen LogP contribution in [0.1, 0.15) is 50.8 Å². The number of rotatable bonds is 1. The molecular weight excluding hydrogens is 284 g/mol. The molecule has 3 aliphatic carbocycles. The predicted molar refractivity (Wildman–Crippen MR) is 89.1 cm³/mol. The first-order valence-corrected chi connectivity index (χ1v) is 8.68. The number of Topliss-reactive ketones (excluding diaryl/α,β-unsaturated/α-hetero) is 1. The van der Waals surface area contributed by atoms with Gasteiger partial charge in [0.2, 0.25) is 0 Å². The minimum atomic E-state index is -0.0937. The second kappa shape index (κ2) is 3.95. The van der Waals surface area contributed by atoms with E-state index in [2.05, 4.69) is 43.2 Å². The number of H-pyrrole nitrogens is 1. The van der Waals surface area contributed by atoms with Crippen LogP contribution in [0, 0.1) is 10.8 Å². The molecule has 0 amide bonds. The van der Waals surface area contributed by atoms with Gasteiger partial charge < -0.3 is 0 Å². The van der Waals surface area contributed by atoms with Crippen molar-refractivity contribution in [2.45, 2.75) is 51.4 Å². The van der Waals surface area contributed by atoms with Crippen molar-refractivity contribution in [2.75, 3.05) is 0 Å². The molecule has 3 heteroatoms. The highest BCUT2D eigenvalue weighted by Crippen LogP contribution is 2.79. The molecule has 5 rings (SSSR count). The van der Waals surface area contributed by atoms with Gasteiger partial charge in [0, 0.05) is 22.8 Å². The fourth-order valence-corrected chi connectivity index (χ4v) is 5.84. The van der Waals surface area contributed by atoms with Gasteiger partial charge in [0.15, 0.2) is 0 Å². The minimum Gasteiger partial charge on any atom is -0.299 e. The number of aromatic amines is 1. The molecule has 3 nitrogen and oxygen atoms in total. The number of benzene rings is 1. The number of carbonyl (C=O) groups excluding carboxylic acids is 1. The molecule has 2 fully saturated rings. The summed E-state index contributed by atoms with van der Waals surface area (Å²) in [6.07, 6.45) is 4.88. The van der Waals surface area contributed by atoms with E-state index in [-0.39, 0.29) is 16.2 Å². The van der Waals surface area contributed by atoms with Gasteiger partial charge in [-0.3, -0.25) is 9.89 Å². The maximum atomic E-state index is 12.5. The Bertz CT molecular complexity index is 823. The average Bonchev–Trinajstić information content (AvgIpc) is 2.99. The molecule has 1 spiro atoms. The summed E-state index contributed by atoms with van der Waals surface area (Å²) < 4.78 is 0. The van der Waals surface area contributed by atoms with Crippen LogP contribution < -0.4 is 0 Å². The topological polar surface area (TPSA) is 45.8 Å². The molecule has 2 saturated carbocycles. The number of hydrogen-bond donors (Lipinski definition) is 1. The summed E-state index contributed by atoms with van der Waals surface area (Å²) in [6, 6.07) is 10.5. The standard InChI is InChI=1S/C20H22N2O/c1-18-10-9-15(23)19(2)12-20(18,19)11-8-14-16(21-22-17(14)18)13-6-4-3-5-7-13/h3-7H,8-12H2,1-2H3,(H,21,22)/t18-,19?,20+/m1/s1. The number of nitrogens with zero attached hydrogens (tertiary/aromatic N) is 1. The third kappa shape index (κ3) is 1.38. The zero-order valence-electron chi connectivity index (χ0n) is 13.8. The van der Waals surface area contributed by atoms with Crippen molar-refractivity contribution in [3.05, 3.63) is 41.6 Å². The van der Waals surface area contributed by atoms with Gasteiger partial charge in [-0.15, -0.1) is 0 Å². The average molecular weight is 306 g/mol. The SMILES string of the molecule is CC12C[C@]13CCc1c(n[nH]c1-c1ccccc1)[C@@]3(C)CCC2=O. The monoisotopic (exact) mass is 306 g/mol. The summed E-state index contributed by atoms with van der Waals surface area (Å²) in [6.45, 7) is 4.56. The molecule has 3 aliphatic rings. The number of ketones is 1. The molecule has 118 valence electrons. The van der Waals surface area contributed by atoms with Crippen LogP contribution in [0.3, 0.4) is 0 Å². The molecule has 0 bridgehead atoms. The van der Waals surface area contributed by atoms with Gasteiger partial charge in [0.05, 0.1) is 11.4 Å². The summed E-state index contributed by atoms with van der Waals surface area (Å²) in [5, 5.41) is 8.10. The van der Waals surface area contributed by atoms with Gasteiger partial charge in [0.1, 0.15) is 5.78 Å². The van der Waals surface area contributed by atoms with Crippen molar-refractivity contribution >= 4 is 5.78 Å². The number of nitrogens with one attached hydrogen (secondary N) is 1. The highest BCUT2D eigenvalue weighted by Gasteiger charge is 2.78. The normalized spacial score (nSPS) is 37.7. The molecular formula is C20H22N2O. The molecule has 1 aromatic heterocycles. The van der Waals surface area contributed by atoms with E-state index in [1.807, 2.05) is 6.07 Å². The molecule has 2 aromatic rings. The van der Waals surface area contributed by atoms with E-state index in [4.69, 9.17) is 5.10 Å². The first-order chi connectivity index (χ1) is 11.0. The van der Waals surface area contributed by atoms with Gasteiger partial charge in [-0.1, -0.05) is 44.2 Å². The van der Waals surface area contributed by atoms with E-state index in [1.54, 1.807) is 0 Å². The van der Waals surface area contributed by atoms with Crippen LogP contribution in [0.25, 0.3) is 11.3 Å². The van der Waals surface area contributed by atoms with Gasteiger partial charge in [0.25, 0.3) is 0 Å². The van der Waals surface area contributed by atoms with Gasteiger partial charge in [-0.2, -0.15) is 5.10 Å². The Labute approximate surface area is 136 Å². The molecule has 1 heterocycles. The smallest absolute Gasteiger partial charge is 0.139 e. The molecule has 0 saturated heterocycles. The van der Waals surface area contributed by atoms with Crippen molar-refractivity contribution in [3.8, 4) is 11.3 Å². The molecule has 1 N–H and O–H groups in total. The molecule has 3 atom stereocenters. The lowest BCUT2D eigenvalue weighted by Gasteiger charge is -2.47. The minimum absolute atomic E-state index is 0.0484. The second-order valence-electron chi connectivity index (χ2n) is 8.14. The van der Waals surface area contributed by atoms with Crippen LogP contribution >= 0.6 is 0 Å². The fourth-order valence-electron chi connectivity index (χ4n) is 5.84. The Morgan fingerprint density at radius 3 is 2.61 bits per heavy atom. The quantitative estimate of drug-likeness (QED) is 0.864. The maximum Gasteiger partial charge on any atom is 0.139 e. The lowest BCUT2D eigenvalue weighted by atomic mass is 9.55. The predicted octanol–water partition coefficient (Wildman–Crippen LogP) is 4.04. The van der Waals surface area contributed by atoms with Gasteiger partial charge in [-0.25, -0.2) is 0 Å². The summed E-state index contributed by atoms with van der Waals surface area (Å²) in [5.41, 5.74) is 5.12. The Morgan fingerprint density at radius 2 is 1.83 bits per heavy atom. The fraction of sp³-hybridized carbons (Fsp3) is 0.500. The van der Waals surface area contributed by atoms with E-state index >= 15 is 0 Å². The van der Waals surface area contributed by atoms with Gasteiger partial charge >= 0.3 is 0 Å². The van der Waals surface area contributed by atoms with Crippen LogP contribution in [0.2, 0.25) is 0 Å². The van der Waals surface area contributed by atoms with E-state index in [0.717, 1.165) is 25.7 Å². The number of hydrogen-bond acceptors (Lipinski definition) is 2. The highest BCUT2D eigenvalue weighted by molar-refractivity contribution is 5.91. The van der Waals surface area contributed by atoms with Crippen LogP contribution in [0.5, 0.6) is 0 Å². The second-order valence-corrected chi connectivity index (χ2v) is 8.14. The molecule has 23 heavy (non-hydrogen) atoms. The molecule has 0 radical (unpaired) electrons. The summed E-state index contributed by atoms with van der Waals surface area (Å²) in [4.78, 5) is 12.5.